The number of nitrogens with zero attached hydrogens (tertiary/aromatic N) is 3. The Bertz CT molecular complexity index is 370. The molecule has 1 N–H and O–H groups in total. The van der Waals surface area contributed by atoms with Gasteiger partial charge < -0.3 is 15.0 Å². The summed E-state index contributed by atoms with van der Waals surface area (Å²) in [7, 11) is 1.74. The summed E-state index contributed by atoms with van der Waals surface area (Å²) in [5, 5.41) is 12.0. The van der Waals surface area contributed by atoms with Gasteiger partial charge in [0.25, 0.3) is 5.91 Å². The van der Waals surface area contributed by atoms with Crippen molar-refractivity contribution in [3.63, 3.8) is 0 Å². The molecule has 0 saturated heterocycles. The number of aromatic nitrogens is 2. The summed E-state index contributed by atoms with van der Waals surface area (Å²) in [4.78, 5) is 13.6. The molecule has 1 heterocycles. The summed E-state index contributed by atoms with van der Waals surface area (Å²) in [5.41, 5.74) is 0. The molecule has 1 aromatic heterocycles. The molecule has 0 fully saturated rings. The van der Waals surface area contributed by atoms with E-state index in [9.17, 15) is 4.79 Å². The Hall–Kier alpha value is -1.21. The van der Waals surface area contributed by atoms with Crippen molar-refractivity contribution >= 4 is 22.4 Å². The molecule has 1 aromatic rings. The highest BCUT2D eigenvalue weighted by Gasteiger charge is 2.16. The van der Waals surface area contributed by atoms with Crippen molar-refractivity contribution in [3.8, 4) is 0 Å². The Labute approximate surface area is 111 Å². The van der Waals surface area contributed by atoms with Crippen LogP contribution in [0.3, 0.4) is 0 Å². The molecule has 0 bridgehead atoms. The summed E-state index contributed by atoms with van der Waals surface area (Å²) in [5.74, 6) is -0.114. The molecule has 6 nitrogen and oxygen atoms in total. The van der Waals surface area contributed by atoms with Crippen LogP contribution >= 0.6 is 11.3 Å². The summed E-state index contributed by atoms with van der Waals surface area (Å²) in [6, 6.07) is 0. The molecule has 1 amide bonds. The summed E-state index contributed by atoms with van der Waals surface area (Å²) >= 11 is 1.28. The molecule has 18 heavy (non-hydrogen) atoms. The van der Waals surface area contributed by atoms with E-state index >= 15 is 0 Å². The molecule has 0 atom stereocenters. The topological polar surface area (TPSA) is 67.4 Å². The van der Waals surface area contributed by atoms with Crippen molar-refractivity contribution in [1.29, 1.82) is 0 Å². The standard InChI is InChI=1S/C11H20N4O2S/c1-4-6-12-11-14-13-9(18-11)10(16)15(3)7-8-17-5-2/h4-8H2,1-3H3,(H,12,14). The first-order chi connectivity index (χ1) is 8.69. The third-order valence-corrected chi connectivity index (χ3v) is 3.12. The lowest BCUT2D eigenvalue weighted by atomic mass is 10.5. The highest BCUT2D eigenvalue weighted by atomic mass is 32.1. The second kappa shape index (κ2) is 7.99. The van der Waals surface area contributed by atoms with Gasteiger partial charge in [0.15, 0.2) is 0 Å². The van der Waals surface area contributed by atoms with Crippen LogP contribution in [-0.2, 0) is 4.74 Å². The first kappa shape index (κ1) is 14.8. The molecule has 0 aromatic carbocycles. The number of anilines is 1. The molecule has 0 unspecified atom stereocenters. The lowest BCUT2D eigenvalue weighted by molar-refractivity contribution is 0.0709. The van der Waals surface area contributed by atoms with Crippen molar-refractivity contribution in [3.05, 3.63) is 5.01 Å². The van der Waals surface area contributed by atoms with Crippen molar-refractivity contribution < 1.29 is 9.53 Å². The maximum atomic E-state index is 12.0. The predicted molar refractivity (Wildman–Crippen MR) is 72.1 cm³/mol. The fraction of sp³-hybridized carbons (Fsp3) is 0.727. The van der Waals surface area contributed by atoms with Gasteiger partial charge in [-0.2, -0.15) is 0 Å². The van der Waals surface area contributed by atoms with Gasteiger partial charge in [0.2, 0.25) is 10.1 Å². The summed E-state index contributed by atoms with van der Waals surface area (Å²) in [6.45, 7) is 6.59. The van der Waals surface area contributed by atoms with Gasteiger partial charge in [-0.1, -0.05) is 18.3 Å². The molecular formula is C11H20N4O2S. The van der Waals surface area contributed by atoms with E-state index < -0.39 is 0 Å². The van der Waals surface area contributed by atoms with Crippen molar-refractivity contribution in [2.45, 2.75) is 20.3 Å². The fourth-order valence-electron chi connectivity index (χ4n) is 1.22. The van der Waals surface area contributed by atoms with Gasteiger partial charge >= 0.3 is 0 Å². The summed E-state index contributed by atoms with van der Waals surface area (Å²) < 4.78 is 5.21. The normalized spacial score (nSPS) is 10.4. The van der Waals surface area contributed by atoms with E-state index in [2.05, 4.69) is 22.4 Å². The maximum Gasteiger partial charge on any atom is 0.284 e. The predicted octanol–water partition coefficient (Wildman–Crippen LogP) is 1.47. The average Bonchev–Trinajstić information content (AvgIpc) is 2.84. The molecule has 0 aliphatic rings. The van der Waals surface area contributed by atoms with E-state index in [0.717, 1.165) is 13.0 Å². The van der Waals surface area contributed by atoms with Gasteiger partial charge in [0, 0.05) is 26.7 Å². The number of carbonyl (C=O) groups is 1. The van der Waals surface area contributed by atoms with E-state index in [0.29, 0.717) is 29.9 Å². The molecule has 102 valence electrons. The number of likely N-dealkylation sites (N-methyl/N-ethyl adjacent to an activating group) is 1. The van der Waals surface area contributed by atoms with Gasteiger partial charge in [0.05, 0.1) is 6.61 Å². The van der Waals surface area contributed by atoms with E-state index in [1.165, 1.54) is 11.3 Å². The van der Waals surface area contributed by atoms with Crippen molar-refractivity contribution in [1.82, 2.24) is 15.1 Å². The minimum atomic E-state index is -0.114. The molecule has 0 radical (unpaired) electrons. The zero-order valence-corrected chi connectivity index (χ0v) is 11.9. The number of ether oxygens (including phenoxy) is 1. The van der Waals surface area contributed by atoms with Crippen LogP contribution in [0.15, 0.2) is 0 Å². The number of hydrogen-bond acceptors (Lipinski definition) is 6. The van der Waals surface area contributed by atoms with E-state index in [1.54, 1.807) is 11.9 Å². The number of carbonyl (C=O) groups excluding carboxylic acids is 1. The van der Waals surface area contributed by atoms with Gasteiger partial charge in [-0.25, -0.2) is 0 Å². The van der Waals surface area contributed by atoms with Crippen LogP contribution < -0.4 is 5.32 Å². The Kier molecular flexibility index (Phi) is 6.59. The van der Waals surface area contributed by atoms with Crippen molar-refractivity contribution in [2.75, 3.05) is 38.7 Å². The number of rotatable bonds is 8. The van der Waals surface area contributed by atoms with Gasteiger partial charge in [0.1, 0.15) is 0 Å². The molecule has 0 aliphatic heterocycles. The number of amides is 1. The van der Waals surface area contributed by atoms with E-state index in [1.807, 2.05) is 6.92 Å². The van der Waals surface area contributed by atoms with Crippen LogP contribution in [0.4, 0.5) is 5.13 Å². The highest BCUT2D eigenvalue weighted by Crippen LogP contribution is 2.16. The lowest BCUT2D eigenvalue weighted by Crippen LogP contribution is -2.30. The minimum Gasteiger partial charge on any atom is -0.380 e. The van der Waals surface area contributed by atoms with Gasteiger partial charge in [-0.15, -0.1) is 10.2 Å². The van der Waals surface area contributed by atoms with Crippen LogP contribution in [0.1, 0.15) is 30.1 Å². The van der Waals surface area contributed by atoms with Crippen LogP contribution in [0.5, 0.6) is 0 Å². The van der Waals surface area contributed by atoms with Crippen LogP contribution in [0.2, 0.25) is 0 Å². The smallest absolute Gasteiger partial charge is 0.284 e. The molecule has 7 heteroatoms. The molecule has 1 rings (SSSR count). The van der Waals surface area contributed by atoms with Gasteiger partial charge in [-0.05, 0) is 13.3 Å². The van der Waals surface area contributed by atoms with E-state index in [4.69, 9.17) is 4.74 Å². The van der Waals surface area contributed by atoms with Crippen molar-refractivity contribution in [2.24, 2.45) is 0 Å². The second-order valence-electron chi connectivity index (χ2n) is 3.76. The third kappa shape index (κ3) is 4.58. The quantitative estimate of drug-likeness (QED) is 0.726. The largest absolute Gasteiger partial charge is 0.380 e. The maximum absolute atomic E-state index is 12.0. The first-order valence-corrected chi connectivity index (χ1v) is 6.91. The third-order valence-electron chi connectivity index (χ3n) is 2.26. The van der Waals surface area contributed by atoms with Crippen LogP contribution in [-0.4, -0.2) is 54.4 Å². The zero-order chi connectivity index (χ0) is 13.4. The SMILES string of the molecule is CCCNc1nnc(C(=O)N(C)CCOCC)s1. The van der Waals surface area contributed by atoms with Gasteiger partial charge in [-0.3, -0.25) is 4.79 Å². The first-order valence-electron chi connectivity index (χ1n) is 6.09. The van der Waals surface area contributed by atoms with Crippen LogP contribution in [0.25, 0.3) is 0 Å². The Balaban J connectivity index is 2.47. The Morgan fingerprint density at radius 3 is 2.89 bits per heavy atom. The highest BCUT2D eigenvalue weighted by molar-refractivity contribution is 7.17. The van der Waals surface area contributed by atoms with Crippen LogP contribution in [0, 0.1) is 0 Å². The monoisotopic (exact) mass is 272 g/mol. The zero-order valence-electron chi connectivity index (χ0n) is 11.1. The molecule has 0 aliphatic carbocycles. The molecular weight excluding hydrogens is 252 g/mol. The fourth-order valence-corrected chi connectivity index (χ4v) is 1.99. The minimum absolute atomic E-state index is 0.114. The average molecular weight is 272 g/mol. The summed E-state index contributed by atoms with van der Waals surface area (Å²) in [6.07, 6.45) is 1.01. The Morgan fingerprint density at radius 1 is 1.44 bits per heavy atom. The Morgan fingerprint density at radius 2 is 2.22 bits per heavy atom. The second-order valence-corrected chi connectivity index (χ2v) is 4.74. The number of nitrogens with one attached hydrogen (secondary N) is 1. The number of hydrogen-bond donors (Lipinski definition) is 1. The molecule has 0 spiro atoms. The lowest BCUT2D eigenvalue weighted by Gasteiger charge is -2.14. The van der Waals surface area contributed by atoms with E-state index in [-0.39, 0.29) is 5.91 Å². The molecule has 0 saturated carbocycles.